The van der Waals surface area contributed by atoms with Crippen LogP contribution in [0.1, 0.15) is 18.5 Å². The predicted molar refractivity (Wildman–Crippen MR) is 107 cm³/mol. The molecule has 0 atom stereocenters. The minimum atomic E-state index is -2.74. The molecule has 162 valence electrons. The quantitative estimate of drug-likeness (QED) is 0.250. The lowest BCUT2D eigenvalue weighted by Gasteiger charge is -2.18. The topological polar surface area (TPSA) is 197 Å². The van der Waals surface area contributed by atoms with Crippen LogP contribution in [0.2, 0.25) is 0 Å². The summed E-state index contributed by atoms with van der Waals surface area (Å²) >= 11 is 3.40. The summed E-state index contributed by atoms with van der Waals surface area (Å²) in [6.07, 6.45) is -1.77. The largest absolute Gasteiger partial charge is 0.481 e. The molecule has 0 saturated heterocycles. The molecule has 0 fully saturated rings. The molecule has 12 heteroatoms. The van der Waals surface area contributed by atoms with Gasteiger partial charge in [0.05, 0.1) is 36.3 Å². The van der Waals surface area contributed by atoms with Gasteiger partial charge in [-0.1, -0.05) is 22.0 Å². The molecule has 0 bridgehead atoms. The minimum Gasteiger partial charge on any atom is -0.481 e. The number of aliphatic carboxylic acids is 3. The number of aromatic nitrogens is 1. The van der Waals surface area contributed by atoms with Crippen LogP contribution >= 0.6 is 15.9 Å². The summed E-state index contributed by atoms with van der Waals surface area (Å²) in [6, 6.07) is 7.71. The van der Waals surface area contributed by atoms with Crippen LogP contribution in [-0.4, -0.2) is 62.0 Å². The first kappa shape index (κ1) is 24.8. The van der Waals surface area contributed by atoms with E-state index in [0.717, 1.165) is 21.1 Å². The fraction of sp³-hybridized carbons (Fsp3) is 0.278. The van der Waals surface area contributed by atoms with Gasteiger partial charge >= 0.3 is 17.9 Å². The number of halogens is 1. The van der Waals surface area contributed by atoms with E-state index in [1.165, 1.54) is 0 Å². The van der Waals surface area contributed by atoms with Crippen molar-refractivity contribution in [2.75, 3.05) is 12.3 Å². The average Bonchev–Trinajstić information content (AvgIpc) is 2.61. The number of anilines is 1. The highest BCUT2D eigenvalue weighted by molar-refractivity contribution is 9.10. The maximum Gasteiger partial charge on any atom is 0.336 e. The van der Waals surface area contributed by atoms with Crippen LogP contribution in [0.5, 0.6) is 0 Å². The summed E-state index contributed by atoms with van der Waals surface area (Å²) in [5.74, 6) is -5.02. The Morgan fingerprint density at radius 2 is 1.73 bits per heavy atom. The van der Waals surface area contributed by atoms with E-state index in [9.17, 15) is 19.2 Å². The number of aliphatic hydroxyl groups is 1. The summed E-state index contributed by atoms with van der Waals surface area (Å²) in [6.45, 7) is 0.716. The Morgan fingerprint density at radius 3 is 2.23 bits per heavy atom. The van der Waals surface area contributed by atoms with Crippen molar-refractivity contribution in [3.8, 4) is 0 Å². The van der Waals surface area contributed by atoms with E-state index in [0.29, 0.717) is 25.2 Å². The summed E-state index contributed by atoms with van der Waals surface area (Å²) in [5, 5.41) is 34.8. The molecule has 1 heterocycles. The molecule has 6 N–H and O–H groups in total. The summed E-state index contributed by atoms with van der Waals surface area (Å²) in [5.41, 5.74) is 5.39. The third kappa shape index (κ3) is 7.64. The number of carbonyl (C=O) groups is 4. The fourth-order valence-electron chi connectivity index (χ4n) is 2.31. The highest BCUT2D eigenvalue weighted by Gasteiger charge is 2.40. The first-order valence-electron chi connectivity index (χ1n) is 8.27. The standard InChI is InChI=1S/C12H11BrN2O2.C6H8O7/c13-9-2-1-8-5-10(14)11(3-4-17-7-16)15-12(8)6-9;7-3(8)1-6(13,5(11)12)2-4(9)10/h1-2,5-7H,3-4,14H2;13H,1-2H2,(H,7,8)(H,9,10)(H,11,12). The van der Waals surface area contributed by atoms with Crippen LogP contribution in [-0.2, 0) is 30.3 Å². The monoisotopic (exact) mass is 486 g/mol. The number of pyridine rings is 1. The van der Waals surface area contributed by atoms with Crippen molar-refractivity contribution in [1.82, 2.24) is 4.98 Å². The molecule has 1 aromatic heterocycles. The second-order valence-corrected chi connectivity index (χ2v) is 6.97. The molecule has 30 heavy (non-hydrogen) atoms. The van der Waals surface area contributed by atoms with Gasteiger partial charge in [0, 0.05) is 16.3 Å². The number of ether oxygens (including phenoxy) is 1. The number of hydrogen-bond acceptors (Lipinski definition) is 8. The molecule has 0 unspecified atom stereocenters. The molecular formula is C18H19BrN2O9. The number of nitrogens with two attached hydrogens (primary N) is 1. The third-order valence-corrected chi connectivity index (χ3v) is 4.20. The van der Waals surface area contributed by atoms with E-state index in [-0.39, 0.29) is 0 Å². The van der Waals surface area contributed by atoms with Crippen molar-refractivity contribution in [3.05, 3.63) is 34.4 Å². The van der Waals surface area contributed by atoms with Crippen molar-refractivity contribution in [2.45, 2.75) is 24.9 Å². The van der Waals surface area contributed by atoms with Crippen LogP contribution < -0.4 is 5.73 Å². The zero-order valence-corrected chi connectivity index (χ0v) is 17.0. The summed E-state index contributed by atoms with van der Waals surface area (Å²) < 4.78 is 5.61. The van der Waals surface area contributed by atoms with Crippen LogP contribution in [0.3, 0.4) is 0 Å². The smallest absolute Gasteiger partial charge is 0.336 e. The van der Waals surface area contributed by atoms with Crippen LogP contribution in [0.25, 0.3) is 10.9 Å². The van der Waals surface area contributed by atoms with Crippen molar-refractivity contribution >= 4 is 56.9 Å². The first-order valence-corrected chi connectivity index (χ1v) is 9.07. The number of carbonyl (C=O) groups excluding carboxylic acids is 1. The van der Waals surface area contributed by atoms with Gasteiger partial charge in [-0.05, 0) is 18.2 Å². The van der Waals surface area contributed by atoms with Gasteiger partial charge in [0.15, 0.2) is 5.60 Å². The molecule has 2 rings (SSSR count). The number of nitrogens with zero attached hydrogens (tertiary/aromatic N) is 1. The van der Waals surface area contributed by atoms with Crippen molar-refractivity contribution in [2.24, 2.45) is 0 Å². The zero-order valence-electron chi connectivity index (χ0n) is 15.4. The Morgan fingerprint density at radius 1 is 1.13 bits per heavy atom. The van der Waals surface area contributed by atoms with Gasteiger partial charge in [-0.25, -0.2) is 4.79 Å². The Bertz CT molecular complexity index is 933. The second-order valence-electron chi connectivity index (χ2n) is 6.06. The van der Waals surface area contributed by atoms with E-state index < -0.39 is 36.4 Å². The molecule has 1 aromatic carbocycles. The number of hydrogen-bond donors (Lipinski definition) is 5. The maximum atomic E-state index is 10.3. The molecule has 0 aliphatic carbocycles. The van der Waals surface area contributed by atoms with Gasteiger partial charge in [0.1, 0.15) is 0 Å². The number of benzene rings is 1. The molecule has 0 radical (unpaired) electrons. The van der Waals surface area contributed by atoms with E-state index in [2.05, 4.69) is 25.7 Å². The molecular weight excluding hydrogens is 468 g/mol. The predicted octanol–water partition coefficient (Wildman–Crippen LogP) is 1.05. The molecule has 11 nitrogen and oxygen atoms in total. The zero-order chi connectivity index (χ0) is 22.9. The third-order valence-electron chi connectivity index (χ3n) is 3.70. The average molecular weight is 487 g/mol. The lowest BCUT2D eigenvalue weighted by atomic mass is 9.96. The highest BCUT2D eigenvalue weighted by Crippen LogP contribution is 2.22. The van der Waals surface area contributed by atoms with Crippen LogP contribution in [0.4, 0.5) is 5.69 Å². The number of carboxylic acids is 3. The summed E-state index contributed by atoms with van der Waals surface area (Å²) in [7, 11) is 0. The Hall–Kier alpha value is -3.25. The SMILES string of the molecule is Nc1cc2ccc(Br)cc2nc1CCOC=O.O=C(O)CC(O)(CC(=O)O)C(=O)O. The van der Waals surface area contributed by atoms with Crippen LogP contribution in [0, 0.1) is 0 Å². The number of rotatable bonds is 9. The Kier molecular flexibility index (Phi) is 9.15. The molecule has 0 aliphatic rings. The Balaban J connectivity index is 0.000000314. The molecule has 0 amide bonds. The molecule has 0 aliphatic heterocycles. The van der Waals surface area contributed by atoms with Crippen molar-refractivity contribution in [1.29, 1.82) is 0 Å². The van der Waals surface area contributed by atoms with Gasteiger partial charge in [0.2, 0.25) is 0 Å². The lowest BCUT2D eigenvalue weighted by Crippen LogP contribution is -2.42. The first-order chi connectivity index (χ1) is 14.0. The number of fused-ring (bicyclic) bond motifs is 1. The number of carboxylic acid groups (broad SMARTS) is 3. The lowest BCUT2D eigenvalue weighted by molar-refractivity contribution is -0.170. The minimum absolute atomic E-state index is 0.292. The fourth-order valence-corrected chi connectivity index (χ4v) is 2.66. The van der Waals surface area contributed by atoms with Crippen molar-refractivity contribution in [3.63, 3.8) is 0 Å². The van der Waals surface area contributed by atoms with Gasteiger partial charge < -0.3 is 30.9 Å². The van der Waals surface area contributed by atoms with Crippen LogP contribution in [0.15, 0.2) is 28.7 Å². The summed E-state index contributed by atoms with van der Waals surface area (Å²) in [4.78, 5) is 45.0. The van der Waals surface area contributed by atoms with Gasteiger partial charge in [-0.3, -0.25) is 19.4 Å². The molecule has 2 aromatic rings. The normalized spacial score (nSPS) is 10.6. The van der Waals surface area contributed by atoms with Gasteiger partial charge in [-0.2, -0.15) is 0 Å². The second kappa shape index (κ2) is 11.1. The van der Waals surface area contributed by atoms with E-state index in [1.807, 2.05) is 24.3 Å². The van der Waals surface area contributed by atoms with Gasteiger partial charge in [0.25, 0.3) is 6.47 Å². The molecule has 0 spiro atoms. The van der Waals surface area contributed by atoms with E-state index >= 15 is 0 Å². The number of nitrogen functional groups attached to an aromatic ring is 1. The van der Waals surface area contributed by atoms with E-state index in [4.69, 9.17) is 26.2 Å². The Labute approximate surface area is 178 Å². The van der Waals surface area contributed by atoms with Gasteiger partial charge in [-0.15, -0.1) is 0 Å². The van der Waals surface area contributed by atoms with Crippen molar-refractivity contribution < 1.29 is 44.3 Å². The highest BCUT2D eigenvalue weighted by atomic mass is 79.9. The van der Waals surface area contributed by atoms with E-state index in [1.54, 1.807) is 0 Å². The molecule has 0 saturated carbocycles. The maximum absolute atomic E-state index is 10.3.